The van der Waals surface area contributed by atoms with Crippen molar-refractivity contribution in [3.63, 3.8) is 0 Å². The highest BCUT2D eigenvalue weighted by Crippen LogP contribution is 2.26. The summed E-state index contributed by atoms with van der Waals surface area (Å²) in [6, 6.07) is 9.81. The van der Waals surface area contributed by atoms with Crippen LogP contribution in [0.5, 0.6) is 0 Å². The molecule has 0 atom stereocenters. The van der Waals surface area contributed by atoms with Crippen LogP contribution in [-0.4, -0.2) is 30.6 Å². The number of carbonyl (C=O) groups is 1. The molecule has 126 valence electrons. The molecule has 3 aromatic rings. The van der Waals surface area contributed by atoms with Gasteiger partial charge >= 0.3 is 0 Å². The van der Waals surface area contributed by atoms with Gasteiger partial charge in [-0.15, -0.1) is 0 Å². The number of rotatable bonds is 3. The van der Waals surface area contributed by atoms with Gasteiger partial charge in [0.2, 0.25) is 0 Å². The first kappa shape index (κ1) is 15.8. The second-order valence-corrected chi connectivity index (χ2v) is 6.26. The summed E-state index contributed by atoms with van der Waals surface area (Å²) in [5.41, 5.74) is 3.23. The zero-order chi connectivity index (χ0) is 17.4. The topological polar surface area (TPSA) is 63.9 Å². The first-order valence-corrected chi connectivity index (χ1v) is 8.46. The van der Waals surface area contributed by atoms with Crippen LogP contribution in [0.25, 0.3) is 11.4 Å². The average Bonchev–Trinajstić information content (AvgIpc) is 3.24. The van der Waals surface area contributed by atoms with Gasteiger partial charge in [-0.2, -0.15) is 5.10 Å². The minimum Gasteiger partial charge on any atom is -0.327 e. The van der Waals surface area contributed by atoms with Crippen molar-refractivity contribution >= 4 is 17.5 Å². The Morgan fingerprint density at radius 3 is 2.76 bits per heavy atom. The molecular formula is C18H16ClN5O. The Balaban J connectivity index is 1.61. The van der Waals surface area contributed by atoms with Crippen molar-refractivity contribution in [1.29, 1.82) is 0 Å². The molecule has 25 heavy (non-hydrogen) atoms. The van der Waals surface area contributed by atoms with E-state index in [-0.39, 0.29) is 5.91 Å². The molecule has 7 heteroatoms. The lowest BCUT2D eigenvalue weighted by Gasteiger charge is -2.15. The zero-order valence-corrected chi connectivity index (χ0v) is 14.4. The molecule has 1 aliphatic heterocycles. The van der Waals surface area contributed by atoms with Crippen LogP contribution >= 0.6 is 11.6 Å². The Hall–Kier alpha value is -2.73. The Morgan fingerprint density at radius 2 is 2.00 bits per heavy atom. The molecule has 0 bridgehead atoms. The maximum absolute atomic E-state index is 12.9. The summed E-state index contributed by atoms with van der Waals surface area (Å²) in [4.78, 5) is 23.7. The molecule has 0 spiro atoms. The summed E-state index contributed by atoms with van der Waals surface area (Å²) in [5, 5.41) is 4.51. The highest BCUT2D eigenvalue weighted by molar-refractivity contribution is 6.33. The molecule has 3 heterocycles. The molecule has 4 rings (SSSR count). The number of halogens is 1. The summed E-state index contributed by atoms with van der Waals surface area (Å²) in [6.45, 7) is 3.44. The van der Waals surface area contributed by atoms with E-state index >= 15 is 0 Å². The molecular weight excluding hydrogens is 338 g/mol. The first-order valence-electron chi connectivity index (χ1n) is 8.08. The van der Waals surface area contributed by atoms with E-state index < -0.39 is 0 Å². The Bertz CT molecular complexity index is 938. The molecule has 1 aliphatic rings. The molecule has 0 N–H and O–H groups in total. The quantitative estimate of drug-likeness (QED) is 0.725. The molecule has 0 saturated carbocycles. The summed E-state index contributed by atoms with van der Waals surface area (Å²) in [7, 11) is 0. The first-order chi connectivity index (χ1) is 12.2. The predicted octanol–water partition coefficient (Wildman–Crippen LogP) is 3.17. The summed E-state index contributed by atoms with van der Waals surface area (Å²) >= 11 is 6.15. The molecule has 0 aliphatic carbocycles. The molecule has 6 nitrogen and oxygen atoms in total. The third-order valence-corrected chi connectivity index (χ3v) is 4.55. The van der Waals surface area contributed by atoms with E-state index in [1.165, 1.54) is 6.20 Å². The van der Waals surface area contributed by atoms with Crippen LogP contribution in [-0.2, 0) is 19.6 Å². The monoisotopic (exact) mass is 353 g/mol. The van der Waals surface area contributed by atoms with Crippen LogP contribution in [0.15, 0.2) is 42.7 Å². The van der Waals surface area contributed by atoms with E-state index in [4.69, 9.17) is 11.6 Å². The fourth-order valence-corrected chi connectivity index (χ4v) is 3.21. The summed E-state index contributed by atoms with van der Waals surface area (Å²) < 4.78 is 1.62. The SMILES string of the molecule is CCn1ncc(Cl)c1C(=O)N1Cc2cnc(-c3ccccc3)nc2C1. The lowest BCUT2D eigenvalue weighted by molar-refractivity contribution is 0.0738. The summed E-state index contributed by atoms with van der Waals surface area (Å²) in [5.74, 6) is 0.536. The number of aromatic nitrogens is 4. The minimum absolute atomic E-state index is 0.136. The fourth-order valence-electron chi connectivity index (χ4n) is 2.99. The van der Waals surface area contributed by atoms with Crippen LogP contribution < -0.4 is 0 Å². The van der Waals surface area contributed by atoms with Gasteiger partial charge in [-0.1, -0.05) is 41.9 Å². The number of aryl methyl sites for hydroxylation is 1. The summed E-state index contributed by atoms with van der Waals surface area (Å²) in [6.07, 6.45) is 3.31. The average molecular weight is 354 g/mol. The lowest BCUT2D eigenvalue weighted by Crippen LogP contribution is -2.28. The largest absolute Gasteiger partial charge is 0.327 e. The number of nitrogens with zero attached hydrogens (tertiary/aromatic N) is 5. The Labute approximate surface area is 150 Å². The van der Waals surface area contributed by atoms with E-state index in [1.807, 2.05) is 37.3 Å². The molecule has 1 amide bonds. The van der Waals surface area contributed by atoms with Gasteiger partial charge < -0.3 is 4.90 Å². The van der Waals surface area contributed by atoms with Gasteiger partial charge in [0, 0.05) is 30.4 Å². The van der Waals surface area contributed by atoms with E-state index in [1.54, 1.807) is 15.8 Å². The van der Waals surface area contributed by atoms with Crippen LogP contribution in [0.3, 0.4) is 0 Å². The van der Waals surface area contributed by atoms with E-state index in [9.17, 15) is 4.79 Å². The lowest BCUT2D eigenvalue weighted by atomic mass is 10.2. The fraction of sp³-hybridized carbons (Fsp3) is 0.222. The normalized spacial score (nSPS) is 13.1. The highest BCUT2D eigenvalue weighted by Gasteiger charge is 2.29. The van der Waals surface area contributed by atoms with Crippen LogP contribution in [0.4, 0.5) is 0 Å². The van der Waals surface area contributed by atoms with Gasteiger partial charge in [0.15, 0.2) is 5.82 Å². The van der Waals surface area contributed by atoms with Gasteiger partial charge in [-0.3, -0.25) is 9.48 Å². The number of hydrogen-bond acceptors (Lipinski definition) is 4. The van der Waals surface area contributed by atoms with Crippen molar-refractivity contribution in [3.8, 4) is 11.4 Å². The van der Waals surface area contributed by atoms with Gasteiger partial charge in [0.05, 0.1) is 23.5 Å². The molecule has 1 aromatic carbocycles. The van der Waals surface area contributed by atoms with Gasteiger partial charge in [-0.25, -0.2) is 9.97 Å². The van der Waals surface area contributed by atoms with Crippen molar-refractivity contribution in [2.45, 2.75) is 26.6 Å². The minimum atomic E-state index is -0.136. The standard InChI is InChI=1S/C18H16ClN5O/c1-2-24-16(14(19)9-21-24)18(25)23-10-13-8-20-17(22-15(13)11-23)12-6-4-3-5-7-12/h3-9H,2,10-11H2,1H3. The molecule has 2 aromatic heterocycles. The van der Waals surface area contributed by atoms with Crippen LogP contribution in [0.1, 0.15) is 28.7 Å². The number of carbonyl (C=O) groups excluding carboxylic acids is 1. The van der Waals surface area contributed by atoms with Crippen molar-refractivity contribution < 1.29 is 4.79 Å². The zero-order valence-electron chi connectivity index (χ0n) is 13.7. The third kappa shape index (κ3) is 2.78. The van der Waals surface area contributed by atoms with Gasteiger partial charge in [0.25, 0.3) is 5.91 Å². The molecule has 0 radical (unpaired) electrons. The van der Waals surface area contributed by atoms with Gasteiger partial charge in [-0.05, 0) is 6.92 Å². The molecule has 0 unspecified atom stereocenters. The number of hydrogen-bond donors (Lipinski definition) is 0. The van der Waals surface area contributed by atoms with E-state index in [0.717, 1.165) is 16.8 Å². The molecule has 0 fully saturated rings. The number of benzene rings is 1. The second-order valence-electron chi connectivity index (χ2n) is 5.85. The Morgan fingerprint density at radius 1 is 1.20 bits per heavy atom. The van der Waals surface area contributed by atoms with Gasteiger partial charge in [0.1, 0.15) is 5.69 Å². The predicted molar refractivity (Wildman–Crippen MR) is 94.0 cm³/mol. The van der Waals surface area contributed by atoms with Crippen molar-refractivity contribution in [3.05, 3.63) is 64.7 Å². The maximum atomic E-state index is 12.9. The number of fused-ring (bicyclic) bond motifs is 1. The van der Waals surface area contributed by atoms with Crippen molar-refractivity contribution in [1.82, 2.24) is 24.6 Å². The van der Waals surface area contributed by atoms with E-state index in [2.05, 4.69) is 15.1 Å². The van der Waals surface area contributed by atoms with Crippen molar-refractivity contribution in [2.24, 2.45) is 0 Å². The highest BCUT2D eigenvalue weighted by atomic mass is 35.5. The maximum Gasteiger partial charge on any atom is 0.274 e. The Kier molecular flexibility index (Phi) is 3.97. The van der Waals surface area contributed by atoms with Crippen LogP contribution in [0, 0.1) is 0 Å². The molecule has 0 saturated heterocycles. The smallest absolute Gasteiger partial charge is 0.274 e. The van der Waals surface area contributed by atoms with E-state index in [0.29, 0.717) is 36.2 Å². The van der Waals surface area contributed by atoms with Crippen LogP contribution in [0.2, 0.25) is 5.02 Å². The third-order valence-electron chi connectivity index (χ3n) is 4.27. The second kappa shape index (κ2) is 6.29. The number of amides is 1. The van der Waals surface area contributed by atoms with Crippen molar-refractivity contribution in [2.75, 3.05) is 0 Å².